The van der Waals surface area contributed by atoms with E-state index in [1.165, 1.54) is 11.3 Å². The summed E-state index contributed by atoms with van der Waals surface area (Å²) < 4.78 is 0. The predicted molar refractivity (Wildman–Crippen MR) is 87.0 cm³/mol. The topological polar surface area (TPSA) is 77.7 Å². The maximum absolute atomic E-state index is 12.5. The molecule has 1 amide bonds. The Morgan fingerprint density at radius 3 is 2.57 bits per heavy atom. The molecule has 0 radical (unpaired) electrons. The van der Waals surface area contributed by atoms with E-state index >= 15 is 0 Å². The molecule has 1 aromatic heterocycles. The summed E-state index contributed by atoms with van der Waals surface area (Å²) in [6.07, 6.45) is 0. The molecule has 0 aromatic carbocycles. The smallest absolute Gasteiger partial charge is 0.267 e. The van der Waals surface area contributed by atoms with E-state index < -0.39 is 0 Å². The first-order valence-electron chi connectivity index (χ1n) is 7.11. The maximum atomic E-state index is 12.5. The van der Waals surface area contributed by atoms with Gasteiger partial charge in [-0.15, -0.1) is 0 Å². The predicted octanol–water partition coefficient (Wildman–Crippen LogP) is 0.0864. The van der Waals surface area contributed by atoms with Crippen LogP contribution < -0.4 is 11.1 Å². The largest absolute Gasteiger partial charge is 0.382 e. The molecule has 3 N–H and O–H groups in total. The molecule has 0 spiro atoms. The number of rotatable bonds is 5. The summed E-state index contributed by atoms with van der Waals surface area (Å²) in [5.41, 5.74) is 5.83. The van der Waals surface area contributed by atoms with Crippen LogP contribution in [0.1, 0.15) is 9.67 Å². The van der Waals surface area contributed by atoms with E-state index in [1.807, 2.05) is 4.90 Å². The number of piperazine rings is 1. The van der Waals surface area contributed by atoms with Gasteiger partial charge < -0.3 is 20.9 Å². The van der Waals surface area contributed by atoms with Crippen molar-refractivity contribution in [2.24, 2.45) is 0 Å². The van der Waals surface area contributed by atoms with Gasteiger partial charge in [-0.1, -0.05) is 11.3 Å². The van der Waals surface area contributed by atoms with Crippen molar-refractivity contribution in [1.29, 1.82) is 0 Å². The number of nitrogens with zero attached hydrogens (tertiary/aromatic N) is 4. The molecule has 118 valence electrons. The summed E-state index contributed by atoms with van der Waals surface area (Å²) in [6.45, 7) is 5.41. The van der Waals surface area contributed by atoms with Crippen molar-refractivity contribution in [3.63, 3.8) is 0 Å². The average molecular weight is 312 g/mol. The Bertz CT molecular complexity index is 481. The third-order valence-corrected chi connectivity index (χ3v) is 4.66. The zero-order chi connectivity index (χ0) is 15.4. The lowest BCUT2D eigenvalue weighted by Crippen LogP contribution is -2.49. The van der Waals surface area contributed by atoms with Gasteiger partial charge in [0.1, 0.15) is 10.7 Å². The highest BCUT2D eigenvalue weighted by Crippen LogP contribution is 2.26. The van der Waals surface area contributed by atoms with Crippen molar-refractivity contribution >= 4 is 28.2 Å². The Labute approximate surface area is 129 Å². The van der Waals surface area contributed by atoms with Crippen LogP contribution in [0.3, 0.4) is 0 Å². The standard InChI is InChI=1S/C13H24N6OS/c1-15-13-16-11(14)10(21-13)12(20)19-8-6-18(7-9-19)5-4-17(2)3/h4-9,14H2,1-3H3,(H,15,16). The number of nitrogens with one attached hydrogen (secondary N) is 1. The third kappa shape index (κ3) is 4.05. The zero-order valence-corrected chi connectivity index (χ0v) is 13.7. The van der Waals surface area contributed by atoms with Crippen molar-refractivity contribution in [3.05, 3.63) is 4.88 Å². The molecule has 0 aliphatic carbocycles. The lowest BCUT2D eigenvalue weighted by molar-refractivity contribution is 0.0635. The second kappa shape index (κ2) is 7.06. The number of hydrogen-bond acceptors (Lipinski definition) is 7. The molecular formula is C13H24N6OS. The minimum atomic E-state index is -0.00115. The van der Waals surface area contributed by atoms with Crippen molar-refractivity contribution in [3.8, 4) is 0 Å². The lowest BCUT2D eigenvalue weighted by Gasteiger charge is -2.35. The van der Waals surface area contributed by atoms with Gasteiger partial charge >= 0.3 is 0 Å². The number of thiazole rings is 1. The van der Waals surface area contributed by atoms with E-state index in [9.17, 15) is 4.79 Å². The third-order valence-electron chi connectivity index (χ3n) is 3.58. The van der Waals surface area contributed by atoms with E-state index in [0.29, 0.717) is 15.8 Å². The van der Waals surface area contributed by atoms with E-state index in [4.69, 9.17) is 5.73 Å². The van der Waals surface area contributed by atoms with E-state index in [1.54, 1.807) is 7.05 Å². The van der Waals surface area contributed by atoms with Gasteiger partial charge in [-0.2, -0.15) is 0 Å². The van der Waals surface area contributed by atoms with Gasteiger partial charge in [0.15, 0.2) is 5.13 Å². The number of nitrogen functional groups attached to an aromatic ring is 1. The van der Waals surface area contributed by atoms with Gasteiger partial charge in [0.2, 0.25) is 0 Å². The fourth-order valence-electron chi connectivity index (χ4n) is 2.25. The van der Waals surface area contributed by atoms with Gasteiger partial charge in [0.25, 0.3) is 5.91 Å². The number of carbonyl (C=O) groups is 1. The van der Waals surface area contributed by atoms with Crippen molar-refractivity contribution in [2.75, 3.05) is 71.5 Å². The molecule has 21 heavy (non-hydrogen) atoms. The quantitative estimate of drug-likeness (QED) is 0.802. The molecule has 1 saturated heterocycles. The van der Waals surface area contributed by atoms with Crippen LogP contribution in [0.5, 0.6) is 0 Å². The summed E-state index contributed by atoms with van der Waals surface area (Å²) in [7, 11) is 5.92. The fraction of sp³-hybridized carbons (Fsp3) is 0.692. The van der Waals surface area contributed by atoms with E-state index in [0.717, 1.165) is 39.3 Å². The first-order chi connectivity index (χ1) is 10.0. The molecule has 0 unspecified atom stereocenters. The van der Waals surface area contributed by atoms with Crippen LogP contribution in [0.25, 0.3) is 0 Å². The molecule has 1 fully saturated rings. The molecule has 1 aliphatic rings. The second-order valence-corrected chi connectivity index (χ2v) is 6.42. The Kier molecular flexibility index (Phi) is 5.38. The molecular weight excluding hydrogens is 288 g/mol. The highest BCUT2D eigenvalue weighted by molar-refractivity contribution is 7.18. The van der Waals surface area contributed by atoms with Gasteiger partial charge in [0, 0.05) is 46.3 Å². The van der Waals surface area contributed by atoms with Crippen LogP contribution >= 0.6 is 11.3 Å². The zero-order valence-electron chi connectivity index (χ0n) is 12.9. The van der Waals surface area contributed by atoms with Crippen LogP contribution in [0.2, 0.25) is 0 Å². The number of aromatic nitrogens is 1. The SMILES string of the molecule is CNc1nc(N)c(C(=O)N2CCN(CCN(C)C)CC2)s1. The van der Waals surface area contributed by atoms with Crippen molar-refractivity contribution in [1.82, 2.24) is 19.7 Å². The van der Waals surface area contributed by atoms with Gasteiger partial charge in [-0.25, -0.2) is 4.98 Å². The number of carbonyl (C=O) groups excluding carboxylic acids is 1. The number of hydrogen-bond donors (Lipinski definition) is 2. The highest BCUT2D eigenvalue weighted by atomic mass is 32.1. The summed E-state index contributed by atoms with van der Waals surface area (Å²) in [4.78, 5) is 23.6. The minimum absolute atomic E-state index is 0.00115. The lowest BCUT2D eigenvalue weighted by atomic mass is 10.3. The second-order valence-electron chi connectivity index (χ2n) is 5.42. The summed E-state index contributed by atoms with van der Waals surface area (Å²) in [5.74, 6) is 0.322. The summed E-state index contributed by atoms with van der Waals surface area (Å²) in [5, 5.41) is 3.61. The van der Waals surface area contributed by atoms with Crippen LogP contribution in [0, 0.1) is 0 Å². The van der Waals surface area contributed by atoms with Crippen LogP contribution in [0.15, 0.2) is 0 Å². The van der Waals surface area contributed by atoms with Crippen LogP contribution in [0.4, 0.5) is 10.9 Å². The number of nitrogens with two attached hydrogens (primary N) is 1. The van der Waals surface area contributed by atoms with E-state index in [2.05, 4.69) is 34.2 Å². The number of anilines is 2. The first kappa shape index (κ1) is 16.0. The van der Waals surface area contributed by atoms with Gasteiger partial charge in [0.05, 0.1) is 0 Å². The van der Waals surface area contributed by atoms with Crippen molar-refractivity contribution in [2.45, 2.75) is 0 Å². The molecule has 1 aromatic rings. The van der Waals surface area contributed by atoms with E-state index in [-0.39, 0.29) is 5.91 Å². The van der Waals surface area contributed by atoms with Gasteiger partial charge in [-0.3, -0.25) is 9.69 Å². The average Bonchev–Trinajstić information content (AvgIpc) is 2.86. The molecule has 8 heteroatoms. The molecule has 2 heterocycles. The monoisotopic (exact) mass is 312 g/mol. The van der Waals surface area contributed by atoms with Crippen molar-refractivity contribution < 1.29 is 4.79 Å². The Morgan fingerprint density at radius 1 is 1.38 bits per heavy atom. The minimum Gasteiger partial charge on any atom is -0.382 e. The molecule has 0 bridgehead atoms. The molecule has 1 aliphatic heterocycles. The molecule has 0 saturated carbocycles. The van der Waals surface area contributed by atoms with Gasteiger partial charge in [-0.05, 0) is 14.1 Å². The number of likely N-dealkylation sites (N-methyl/N-ethyl adjacent to an activating group) is 1. The Balaban J connectivity index is 1.89. The Morgan fingerprint density at radius 2 is 2.05 bits per heavy atom. The number of amides is 1. The first-order valence-corrected chi connectivity index (χ1v) is 7.93. The van der Waals surface area contributed by atoms with Crippen LogP contribution in [-0.4, -0.2) is 86.0 Å². The Hall–Kier alpha value is -1.38. The maximum Gasteiger partial charge on any atom is 0.267 e. The molecule has 2 rings (SSSR count). The highest BCUT2D eigenvalue weighted by Gasteiger charge is 2.25. The molecule has 7 nitrogen and oxygen atoms in total. The summed E-state index contributed by atoms with van der Waals surface area (Å²) in [6, 6.07) is 0. The molecule has 0 atom stereocenters. The van der Waals surface area contributed by atoms with Crippen LogP contribution in [-0.2, 0) is 0 Å². The summed E-state index contributed by atoms with van der Waals surface area (Å²) >= 11 is 1.32. The normalized spacial score (nSPS) is 16.5. The fourth-order valence-corrected chi connectivity index (χ4v) is 3.06.